The van der Waals surface area contributed by atoms with E-state index in [2.05, 4.69) is 20.5 Å². The summed E-state index contributed by atoms with van der Waals surface area (Å²) < 4.78 is 5.42. The number of carbonyl (C=O) groups is 1. The zero-order valence-corrected chi connectivity index (χ0v) is 17.3. The van der Waals surface area contributed by atoms with Gasteiger partial charge < -0.3 is 30.4 Å². The summed E-state index contributed by atoms with van der Waals surface area (Å²) in [4.78, 5) is 18.1. The predicted octanol–water partition coefficient (Wildman–Crippen LogP) is 3.38. The minimum atomic E-state index is -0.421. The SMILES string of the molecule is O=C(Nc1cc(Cl)ccc1N1CCOCC1)NC(CO)Cc1c[nH]c2ccccc12. The van der Waals surface area contributed by atoms with Crippen molar-refractivity contribution in [3.05, 3.63) is 59.2 Å². The molecule has 1 atom stereocenters. The fourth-order valence-electron chi connectivity index (χ4n) is 3.76. The lowest BCUT2D eigenvalue weighted by atomic mass is 10.1. The molecule has 4 rings (SSSR count). The van der Waals surface area contributed by atoms with E-state index in [9.17, 15) is 9.90 Å². The highest BCUT2D eigenvalue weighted by Crippen LogP contribution is 2.30. The van der Waals surface area contributed by atoms with Crippen LogP contribution in [0.1, 0.15) is 5.56 Å². The number of benzene rings is 2. The molecule has 4 N–H and O–H groups in total. The Kier molecular flexibility index (Phi) is 6.42. The summed E-state index contributed by atoms with van der Waals surface area (Å²) in [5.41, 5.74) is 3.60. The molecule has 0 saturated carbocycles. The fraction of sp³-hybridized carbons (Fsp3) is 0.318. The highest BCUT2D eigenvalue weighted by atomic mass is 35.5. The lowest BCUT2D eigenvalue weighted by Crippen LogP contribution is -2.42. The molecular formula is C22H25ClN4O3. The Morgan fingerprint density at radius 2 is 2.03 bits per heavy atom. The van der Waals surface area contributed by atoms with Crippen LogP contribution < -0.4 is 15.5 Å². The first-order valence-corrected chi connectivity index (χ1v) is 10.4. The second-order valence-electron chi connectivity index (χ2n) is 7.30. The maximum Gasteiger partial charge on any atom is 0.319 e. The Labute approximate surface area is 180 Å². The van der Waals surface area contributed by atoms with Gasteiger partial charge in [0, 0.05) is 35.2 Å². The van der Waals surface area contributed by atoms with Gasteiger partial charge in [0.25, 0.3) is 0 Å². The van der Waals surface area contributed by atoms with E-state index in [1.807, 2.05) is 42.6 Å². The van der Waals surface area contributed by atoms with E-state index in [-0.39, 0.29) is 12.6 Å². The quantitative estimate of drug-likeness (QED) is 0.484. The van der Waals surface area contributed by atoms with Crippen LogP contribution in [0.3, 0.4) is 0 Å². The van der Waals surface area contributed by atoms with Crippen LogP contribution >= 0.6 is 11.6 Å². The van der Waals surface area contributed by atoms with Crippen LogP contribution in [0, 0.1) is 0 Å². The van der Waals surface area contributed by atoms with Gasteiger partial charge >= 0.3 is 6.03 Å². The van der Waals surface area contributed by atoms with Crippen molar-refractivity contribution in [1.29, 1.82) is 0 Å². The number of nitrogens with zero attached hydrogens (tertiary/aromatic N) is 1. The Hall–Kier alpha value is -2.74. The third-order valence-electron chi connectivity index (χ3n) is 5.26. The van der Waals surface area contributed by atoms with Crippen molar-refractivity contribution in [2.75, 3.05) is 43.1 Å². The first-order chi connectivity index (χ1) is 14.6. The molecule has 0 bridgehead atoms. The van der Waals surface area contributed by atoms with Gasteiger partial charge in [0.15, 0.2) is 0 Å². The third-order valence-corrected chi connectivity index (χ3v) is 5.49. The van der Waals surface area contributed by atoms with Crippen LogP contribution in [0.15, 0.2) is 48.7 Å². The summed E-state index contributed by atoms with van der Waals surface area (Å²) in [7, 11) is 0. The number of aromatic amines is 1. The average molecular weight is 429 g/mol. The number of aromatic nitrogens is 1. The van der Waals surface area contributed by atoms with Crippen molar-refractivity contribution >= 4 is 39.9 Å². The molecule has 1 fully saturated rings. The number of hydrogen-bond donors (Lipinski definition) is 4. The summed E-state index contributed by atoms with van der Waals surface area (Å²) in [5, 5.41) is 17.2. The number of ether oxygens (including phenoxy) is 1. The summed E-state index contributed by atoms with van der Waals surface area (Å²) >= 11 is 6.16. The van der Waals surface area contributed by atoms with E-state index in [1.54, 1.807) is 6.07 Å². The number of nitrogens with one attached hydrogen (secondary N) is 3. The topological polar surface area (TPSA) is 89.6 Å². The van der Waals surface area contributed by atoms with E-state index in [0.29, 0.717) is 30.3 Å². The van der Waals surface area contributed by atoms with Crippen LogP contribution in [0.25, 0.3) is 10.9 Å². The van der Waals surface area contributed by atoms with Crippen LogP contribution in [-0.4, -0.2) is 55.1 Å². The van der Waals surface area contributed by atoms with Crippen LogP contribution in [0.2, 0.25) is 5.02 Å². The highest BCUT2D eigenvalue weighted by Gasteiger charge is 2.19. The fourth-order valence-corrected chi connectivity index (χ4v) is 3.93. The molecule has 1 unspecified atom stereocenters. The predicted molar refractivity (Wildman–Crippen MR) is 120 cm³/mol. The number of anilines is 2. The number of rotatable bonds is 6. The molecule has 0 aliphatic carbocycles. The number of aliphatic hydroxyl groups is 1. The molecule has 0 radical (unpaired) electrons. The minimum absolute atomic E-state index is 0.168. The zero-order valence-electron chi connectivity index (χ0n) is 16.5. The van der Waals surface area contributed by atoms with E-state index in [1.165, 1.54) is 0 Å². The molecule has 1 aliphatic heterocycles. The van der Waals surface area contributed by atoms with Crippen molar-refractivity contribution < 1.29 is 14.6 Å². The van der Waals surface area contributed by atoms with Gasteiger partial charge in [-0.2, -0.15) is 0 Å². The lowest BCUT2D eigenvalue weighted by Gasteiger charge is -2.30. The maximum atomic E-state index is 12.7. The summed E-state index contributed by atoms with van der Waals surface area (Å²) in [5.74, 6) is 0. The molecule has 1 saturated heterocycles. The maximum absolute atomic E-state index is 12.7. The number of para-hydroxylation sites is 1. The first kappa shape index (κ1) is 20.5. The highest BCUT2D eigenvalue weighted by molar-refractivity contribution is 6.31. The van der Waals surface area contributed by atoms with Crippen LogP contribution in [-0.2, 0) is 11.2 Å². The normalized spacial score (nSPS) is 15.2. The number of hydrogen-bond acceptors (Lipinski definition) is 4. The number of fused-ring (bicyclic) bond motifs is 1. The number of halogens is 1. The van der Waals surface area contributed by atoms with E-state index in [4.69, 9.17) is 16.3 Å². The van der Waals surface area contributed by atoms with Crippen LogP contribution in [0.5, 0.6) is 0 Å². The van der Waals surface area contributed by atoms with Crippen molar-refractivity contribution in [3.63, 3.8) is 0 Å². The molecule has 8 heteroatoms. The standard InChI is InChI=1S/C22H25ClN4O3/c23-16-5-6-21(27-7-9-30-10-8-27)20(12-16)26-22(29)25-17(14-28)11-15-13-24-19-4-2-1-3-18(15)19/h1-6,12-13,17,24,28H,7-11,14H2,(H2,25,26,29). The van der Waals surface area contributed by atoms with Gasteiger partial charge in [0.1, 0.15) is 0 Å². The van der Waals surface area contributed by atoms with Gasteiger partial charge in [0.05, 0.1) is 37.2 Å². The number of H-pyrrole nitrogens is 1. The zero-order chi connectivity index (χ0) is 20.9. The molecule has 0 spiro atoms. The molecule has 2 aromatic carbocycles. The molecular weight excluding hydrogens is 404 g/mol. The summed E-state index contributed by atoms with van der Waals surface area (Å²) in [6.45, 7) is 2.62. The Balaban J connectivity index is 1.45. The Bertz CT molecular complexity index is 1020. The van der Waals surface area contributed by atoms with Gasteiger partial charge in [0.2, 0.25) is 0 Å². The van der Waals surface area contributed by atoms with Gasteiger partial charge in [-0.1, -0.05) is 29.8 Å². The van der Waals surface area contributed by atoms with Gasteiger partial charge in [-0.25, -0.2) is 4.79 Å². The third kappa shape index (κ3) is 4.70. The van der Waals surface area contributed by atoms with Crippen molar-refractivity contribution in [3.8, 4) is 0 Å². The number of aliphatic hydroxyl groups excluding tert-OH is 1. The Morgan fingerprint density at radius 1 is 1.23 bits per heavy atom. The summed E-state index contributed by atoms with van der Waals surface area (Å²) in [6, 6.07) is 12.6. The second-order valence-corrected chi connectivity index (χ2v) is 7.74. The molecule has 1 aliphatic rings. The van der Waals surface area contributed by atoms with Crippen molar-refractivity contribution in [2.24, 2.45) is 0 Å². The van der Waals surface area contributed by atoms with E-state index in [0.717, 1.165) is 35.2 Å². The molecule has 2 amide bonds. The summed E-state index contributed by atoms with van der Waals surface area (Å²) in [6.07, 6.45) is 2.43. The van der Waals surface area contributed by atoms with E-state index < -0.39 is 6.04 Å². The first-order valence-electron chi connectivity index (χ1n) is 9.99. The van der Waals surface area contributed by atoms with Crippen LogP contribution in [0.4, 0.5) is 16.2 Å². The van der Waals surface area contributed by atoms with Gasteiger partial charge in [-0.05, 0) is 36.2 Å². The molecule has 2 heterocycles. The number of amides is 2. The lowest BCUT2D eigenvalue weighted by molar-refractivity contribution is 0.123. The second kappa shape index (κ2) is 9.38. The molecule has 7 nitrogen and oxygen atoms in total. The number of urea groups is 1. The average Bonchev–Trinajstić information content (AvgIpc) is 3.17. The van der Waals surface area contributed by atoms with Crippen molar-refractivity contribution in [1.82, 2.24) is 10.3 Å². The number of carbonyl (C=O) groups excluding carboxylic acids is 1. The Morgan fingerprint density at radius 3 is 2.83 bits per heavy atom. The molecule has 158 valence electrons. The van der Waals surface area contributed by atoms with Gasteiger partial charge in [-0.15, -0.1) is 0 Å². The smallest absolute Gasteiger partial charge is 0.319 e. The molecule has 1 aromatic heterocycles. The number of morpholine rings is 1. The minimum Gasteiger partial charge on any atom is -0.394 e. The molecule has 30 heavy (non-hydrogen) atoms. The monoisotopic (exact) mass is 428 g/mol. The largest absolute Gasteiger partial charge is 0.394 e. The van der Waals surface area contributed by atoms with Gasteiger partial charge in [-0.3, -0.25) is 0 Å². The molecule has 3 aromatic rings. The van der Waals surface area contributed by atoms with E-state index >= 15 is 0 Å². The van der Waals surface area contributed by atoms with Crippen molar-refractivity contribution in [2.45, 2.75) is 12.5 Å².